The van der Waals surface area contributed by atoms with E-state index >= 15 is 0 Å². The first kappa shape index (κ1) is 21.6. The van der Waals surface area contributed by atoms with E-state index in [0.717, 1.165) is 12.8 Å². The molecule has 1 aliphatic carbocycles. The van der Waals surface area contributed by atoms with E-state index in [1.165, 1.54) is 22.9 Å². The van der Waals surface area contributed by atoms with E-state index in [9.17, 15) is 13.2 Å². The molecule has 3 rings (SSSR count). The van der Waals surface area contributed by atoms with Crippen molar-refractivity contribution in [3.8, 4) is 0 Å². The Kier molecular flexibility index (Phi) is 7.02. The molecule has 3 atom stereocenters. The normalized spacial score (nSPS) is 27.5. The van der Waals surface area contributed by atoms with Crippen LogP contribution in [0.15, 0.2) is 29.2 Å². The van der Waals surface area contributed by atoms with Crippen LogP contribution in [-0.4, -0.2) is 62.3 Å². The summed E-state index contributed by atoms with van der Waals surface area (Å²) in [6, 6.07) is 6.49. The number of nitrogens with zero attached hydrogens (tertiary/aromatic N) is 2. The molecule has 1 N–H and O–H groups in total. The van der Waals surface area contributed by atoms with E-state index in [4.69, 9.17) is 11.6 Å². The second kappa shape index (κ2) is 9.11. The highest BCUT2D eigenvalue weighted by molar-refractivity contribution is 7.89. The molecular weight excluding hydrogens is 398 g/mol. The topological polar surface area (TPSA) is 69.7 Å². The highest BCUT2D eigenvalue weighted by Gasteiger charge is 2.31. The van der Waals surface area contributed by atoms with Crippen LogP contribution < -0.4 is 5.32 Å². The van der Waals surface area contributed by atoms with Gasteiger partial charge < -0.3 is 5.32 Å². The third kappa shape index (κ3) is 5.06. The van der Waals surface area contributed by atoms with Crippen LogP contribution in [0.2, 0.25) is 5.02 Å². The minimum absolute atomic E-state index is 0.0416. The van der Waals surface area contributed by atoms with Gasteiger partial charge in [-0.1, -0.05) is 38.3 Å². The summed E-state index contributed by atoms with van der Waals surface area (Å²) in [6.45, 7) is 6.67. The zero-order valence-corrected chi connectivity index (χ0v) is 18.2. The van der Waals surface area contributed by atoms with Gasteiger partial charge in [-0.3, -0.25) is 9.69 Å². The number of amides is 1. The summed E-state index contributed by atoms with van der Waals surface area (Å²) in [5, 5.41) is 3.70. The Balaban J connectivity index is 1.50. The summed E-state index contributed by atoms with van der Waals surface area (Å²) in [7, 11) is -3.52. The fourth-order valence-corrected chi connectivity index (χ4v) is 5.67. The zero-order valence-electron chi connectivity index (χ0n) is 16.6. The van der Waals surface area contributed by atoms with Gasteiger partial charge in [0.2, 0.25) is 15.9 Å². The molecule has 3 unspecified atom stereocenters. The Morgan fingerprint density at radius 1 is 1.11 bits per heavy atom. The van der Waals surface area contributed by atoms with Crippen LogP contribution in [0, 0.1) is 11.8 Å². The van der Waals surface area contributed by atoms with Crippen LogP contribution >= 0.6 is 11.6 Å². The fourth-order valence-electron chi connectivity index (χ4n) is 4.12. The Bertz CT molecular complexity index is 776. The first-order valence-electron chi connectivity index (χ1n) is 10.0. The number of hydrogen-bond donors (Lipinski definition) is 1. The van der Waals surface area contributed by atoms with Gasteiger partial charge in [0.15, 0.2) is 0 Å². The second-order valence-corrected chi connectivity index (χ2v) is 10.4. The molecule has 0 aromatic heterocycles. The molecule has 1 aromatic rings. The Labute approximate surface area is 173 Å². The number of nitrogens with one attached hydrogen (secondary N) is 1. The Morgan fingerprint density at radius 3 is 2.39 bits per heavy atom. The third-order valence-corrected chi connectivity index (χ3v) is 8.37. The average molecular weight is 428 g/mol. The number of benzene rings is 1. The lowest BCUT2D eigenvalue weighted by molar-refractivity contribution is -0.124. The molecule has 0 radical (unpaired) electrons. The van der Waals surface area contributed by atoms with Crippen LogP contribution in [0.3, 0.4) is 0 Å². The van der Waals surface area contributed by atoms with Gasteiger partial charge in [-0.2, -0.15) is 4.31 Å². The minimum atomic E-state index is -3.52. The third-order valence-electron chi connectivity index (χ3n) is 6.20. The lowest BCUT2D eigenvalue weighted by atomic mass is 9.78. The standard InChI is InChI=1S/C20H30ClN3O3S/c1-15-4-3-5-19(16(15)2)22-20(25)14-23-10-12-24(13-11-23)28(26,27)18-8-6-17(21)7-9-18/h6-9,15-16,19H,3-5,10-14H2,1-2H3,(H,22,25). The number of sulfonamides is 1. The summed E-state index contributed by atoms with van der Waals surface area (Å²) in [5.74, 6) is 1.18. The maximum atomic E-state index is 12.7. The molecular formula is C20H30ClN3O3S. The first-order valence-corrected chi connectivity index (χ1v) is 11.9. The predicted octanol–water partition coefficient (Wildman–Crippen LogP) is 2.59. The maximum Gasteiger partial charge on any atom is 0.243 e. The van der Waals surface area contributed by atoms with Gasteiger partial charge in [0.1, 0.15) is 0 Å². The molecule has 1 heterocycles. The Hall–Kier alpha value is -1.15. The van der Waals surface area contributed by atoms with E-state index in [1.807, 2.05) is 4.90 Å². The summed E-state index contributed by atoms with van der Waals surface area (Å²) < 4.78 is 27.0. The van der Waals surface area contributed by atoms with Gasteiger partial charge in [0.05, 0.1) is 11.4 Å². The van der Waals surface area contributed by atoms with E-state index in [1.54, 1.807) is 12.1 Å². The van der Waals surface area contributed by atoms with Gasteiger partial charge in [0.25, 0.3) is 0 Å². The molecule has 156 valence electrons. The molecule has 1 aliphatic heterocycles. The monoisotopic (exact) mass is 427 g/mol. The number of rotatable bonds is 5. The number of carbonyl (C=O) groups is 1. The minimum Gasteiger partial charge on any atom is -0.352 e. The molecule has 6 nitrogen and oxygen atoms in total. The van der Waals surface area contributed by atoms with Crippen molar-refractivity contribution in [3.05, 3.63) is 29.3 Å². The zero-order chi connectivity index (χ0) is 20.3. The van der Waals surface area contributed by atoms with Crippen molar-refractivity contribution in [2.24, 2.45) is 11.8 Å². The number of halogens is 1. The Morgan fingerprint density at radius 2 is 1.75 bits per heavy atom. The van der Waals surface area contributed by atoms with Gasteiger partial charge >= 0.3 is 0 Å². The molecule has 1 saturated heterocycles. The molecule has 28 heavy (non-hydrogen) atoms. The molecule has 0 bridgehead atoms. The second-order valence-electron chi connectivity index (χ2n) is 8.08. The highest BCUT2D eigenvalue weighted by Crippen LogP contribution is 2.29. The molecule has 1 amide bonds. The van der Waals surface area contributed by atoms with Crippen molar-refractivity contribution in [2.75, 3.05) is 32.7 Å². The summed E-state index contributed by atoms with van der Waals surface area (Å²) in [5.41, 5.74) is 0. The smallest absolute Gasteiger partial charge is 0.243 e. The summed E-state index contributed by atoms with van der Waals surface area (Å²) in [6.07, 6.45) is 3.44. The fraction of sp³-hybridized carbons (Fsp3) is 0.650. The largest absolute Gasteiger partial charge is 0.352 e. The van der Waals surface area contributed by atoms with Crippen LogP contribution in [0.1, 0.15) is 33.1 Å². The van der Waals surface area contributed by atoms with Crippen LogP contribution in [-0.2, 0) is 14.8 Å². The summed E-state index contributed by atoms with van der Waals surface area (Å²) in [4.78, 5) is 14.7. The van der Waals surface area contributed by atoms with Gasteiger partial charge in [-0.05, 0) is 42.5 Å². The number of piperazine rings is 1. The molecule has 0 spiro atoms. The lowest BCUT2D eigenvalue weighted by Crippen LogP contribution is -2.52. The highest BCUT2D eigenvalue weighted by atomic mass is 35.5. The average Bonchev–Trinajstić information content (AvgIpc) is 2.66. The maximum absolute atomic E-state index is 12.7. The first-order chi connectivity index (χ1) is 13.3. The van der Waals surface area contributed by atoms with Crippen molar-refractivity contribution in [2.45, 2.75) is 44.0 Å². The van der Waals surface area contributed by atoms with Crippen molar-refractivity contribution in [3.63, 3.8) is 0 Å². The van der Waals surface area contributed by atoms with Crippen LogP contribution in [0.25, 0.3) is 0 Å². The summed E-state index contributed by atoms with van der Waals surface area (Å²) >= 11 is 5.85. The van der Waals surface area contributed by atoms with E-state index in [-0.39, 0.29) is 16.8 Å². The molecule has 8 heteroatoms. The van der Waals surface area contributed by atoms with Crippen LogP contribution in [0.5, 0.6) is 0 Å². The predicted molar refractivity (Wildman–Crippen MR) is 111 cm³/mol. The van der Waals surface area contributed by atoms with Crippen LogP contribution in [0.4, 0.5) is 0 Å². The van der Waals surface area contributed by atoms with Crippen molar-refractivity contribution < 1.29 is 13.2 Å². The molecule has 1 saturated carbocycles. The van der Waals surface area contributed by atoms with Gasteiger partial charge in [-0.25, -0.2) is 8.42 Å². The van der Waals surface area contributed by atoms with Crippen molar-refractivity contribution in [1.29, 1.82) is 0 Å². The van der Waals surface area contributed by atoms with Crippen molar-refractivity contribution >= 4 is 27.5 Å². The molecule has 2 aliphatic rings. The van der Waals surface area contributed by atoms with E-state index < -0.39 is 10.0 Å². The van der Waals surface area contributed by atoms with Crippen molar-refractivity contribution in [1.82, 2.24) is 14.5 Å². The number of carbonyl (C=O) groups excluding carboxylic acids is 1. The van der Waals surface area contributed by atoms with E-state index in [2.05, 4.69) is 19.2 Å². The quantitative estimate of drug-likeness (QED) is 0.784. The SMILES string of the molecule is CC1CCCC(NC(=O)CN2CCN(S(=O)(=O)c3ccc(Cl)cc3)CC2)C1C. The van der Waals surface area contributed by atoms with Gasteiger partial charge in [0, 0.05) is 37.2 Å². The van der Waals surface area contributed by atoms with Gasteiger partial charge in [-0.15, -0.1) is 0 Å². The molecule has 1 aromatic carbocycles. The lowest BCUT2D eigenvalue weighted by Gasteiger charge is -2.36. The number of hydrogen-bond acceptors (Lipinski definition) is 4. The molecule has 2 fully saturated rings. The van der Waals surface area contributed by atoms with E-state index in [0.29, 0.717) is 49.6 Å².